The molecule has 0 radical (unpaired) electrons. The van der Waals surface area contributed by atoms with Gasteiger partial charge < -0.3 is 10.6 Å². The van der Waals surface area contributed by atoms with E-state index in [1.807, 2.05) is 0 Å². The van der Waals surface area contributed by atoms with E-state index in [0.29, 0.717) is 18.5 Å². The lowest BCUT2D eigenvalue weighted by Gasteiger charge is -2.25. The zero-order chi connectivity index (χ0) is 13.8. The van der Waals surface area contributed by atoms with E-state index < -0.39 is 14.6 Å². The maximum atomic E-state index is 11.6. The van der Waals surface area contributed by atoms with Crippen molar-refractivity contribution in [1.82, 2.24) is 10.6 Å². The van der Waals surface area contributed by atoms with E-state index in [9.17, 15) is 8.42 Å². The molecule has 1 aliphatic rings. The summed E-state index contributed by atoms with van der Waals surface area (Å²) in [6, 6.07) is 0.359. The third kappa shape index (κ3) is 5.68. The molecule has 0 unspecified atom stereocenters. The van der Waals surface area contributed by atoms with Crippen LogP contribution in [0.3, 0.4) is 0 Å². The van der Waals surface area contributed by atoms with Crippen LogP contribution >= 0.6 is 24.0 Å². The minimum atomic E-state index is -3.09. The Morgan fingerprint density at radius 2 is 1.89 bits per heavy atom. The van der Waals surface area contributed by atoms with Gasteiger partial charge in [-0.1, -0.05) is 12.2 Å². The number of nitrogens with zero attached hydrogens (tertiary/aromatic N) is 1. The molecule has 1 rings (SSSR count). The summed E-state index contributed by atoms with van der Waals surface area (Å²) in [5, 5.41) is 6.35. The summed E-state index contributed by atoms with van der Waals surface area (Å²) in [5.74, 6) is 0.653. The maximum Gasteiger partial charge on any atom is 0.191 e. The summed E-state index contributed by atoms with van der Waals surface area (Å²) >= 11 is 0. The van der Waals surface area contributed by atoms with Gasteiger partial charge in [-0.2, -0.15) is 0 Å². The number of hydrogen-bond donors (Lipinski definition) is 2. The predicted octanol–water partition coefficient (Wildman–Crippen LogP) is 1.31. The van der Waals surface area contributed by atoms with Crippen LogP contribution in [0.5, 0.6) is 0 Å². The molecule has 0 fully saturated rings. The van der Waals surface area contributed by atoms with Gasteiger partial charge in [-0.15, -0.1) is 24.0 Å². The van der Waals surface area contributed by atoms with Crippen molar-refractivity contribution in [2.75, 3.05) is 19.8 Å². The molecule has 0 saturated carbocycles. The van der Waals surface area contributed by atoms with E-state index in [2.05, 4.69) is 27.8 Å². The first kappa shape index (κ1) is 18.7. The van der Waals surface area contributed by atoms with Gasteiger partial charge in [-0.3, -0.25) is 4.99 Å². The summed E-state index contributed by atoms with van der Waals surface area (Å²) in [7, 11) is -1.41. The number of nitrogens with one attached hydrogen (secondary N) is 2. The first-order valence-corrected chi connectivity index (χ1v) is 7.97. The van der Waals surface area contributed by atoms with Gasteiger partial charge in [0.1, 0.15) is 0 Å². The van der Waals surface area contributed by atoms with Crippen molar-refractivity contribution in [3.05, 3.63) is 12.2 Å². The highest BCUT2D eigenvalue weighted by atomic mass is 127. The maximum absolute atomic E-state index is 11.6. The van der Waals surface area contributed by atoms with Crippen LogP contribution in [-0.2, 0) is 9.84 Å². The Labute approximate surface area is 133 Å². The number of aliphatic imine (C=N–C) groups is 1. The lowest BCUT2D eigenvalue weighted by Crippen LogP contribution is -2.49. The summed E-state index contributed by atoms with van der Waals surface area (Å²) in [6.45, 7) is 3.76. The van der Waals surface area contributed by atoms with Crippen LogP contribution < -0.4 is 10.6 Å². The van der Waals surface area contributed by atoms with Gasteiger partial charge in [0.2, 0.25) is 0 Å². The van der Waals surface area contributed by atoms with Gasteiger partial charge in [0.05, 0.1) is 4.75 Å². The van der Waals surface area contributed by atoms with Gasteiger partial charge in [-0.25, -0.2) is 8.42 Å². The third-order valence-corrected chi connectivity index (χ3v) is 5.41. The topological polar surface area (TPSA) is 70.6 Å². The van der Waals surface area contributed by atoms with Crippen molar-refractivity contribution >= 4 is 39.8 Å². The molecular formula is C12H24IN3O2S. The monoisotopic (exact) mass is 401 g/mol. The minimum absolute atomic E-state index is 0. The Kier molecular flexibility index (Phi) is 7.34. The molecule has 1 aliphatic carbocycles. The van der Waals surface area contributed by atoms with Crippen LogP contribution in [0.4, 0.5) is 0 Å². The molecule has 0 atom stereocenters. The van der Waals surface area contributed by atoms with Gasteiger partial charge in [0.25, 0.3) is 0 Å². The van der Waals surface area contributed by atoms with Crippen LogP contribution in [0.25, 0.3) is 0 Å². The van der Waals surface area contributed by atoms with E-state index in [-0.39, 0.29) is 24.0 Å². The van der Waals surface area contributed by atoms with Crippen molar-refractivity contribution in [2.24, 2.45) is 4.99 Å². The molecule has 0 saturated heterocycles. The molecule has 0 aliphatic heterocycles. The molecule has 0 aromatic heterocycles. The highest BCUT2D eigenvalue weighted by molar-refractivity contribution is 14.0. The zero-order valence-electron chi connectivity index (χ0n) is 11.9. The van der Waals surface area contributed by atoms with Crippen molar-refractivity contribution in [3.8, 4) is 0 Å². The van der Waals surface area contributed by atoms with Gasteiger partial charge in [0.15, 0.2) is 15.8 Å². The summed E-state index contributed by atoms with van der Waals surface area (Å²) < 4.78 is 22.4. The fraction of sp³-hybridized carbons (Fsp3) is 0.750. The van der Waals surface area contributed by atoms with Gasteiger partial charge in [-0.05, 0) is 26.7 Å². The molecule has 7 heteroatoms. The largest absolute Gasteiger partial charge is 0.355 e. The molecule has 19 heavy (non-hydrogen) atoms. The molecule has 0 spiro atoms. The Bertz CT molecular complexity index is 436. The summed E-state index contributed by atoms with van der Waals surface area (Å²) in [5.41, 5.74) is 0. The van der Waals surface area contributed by atoms with Crippen LogP contribution in [0.2, 0.25) is 0 Å². The third-order valence-electron chi connectivity index (χ3n) is 3.26. The molecule has 0 amide bonds. The Balaban J connectivity index is 0.00000324. The zero-order valence-corrected chi connectivity index (χ0v) is 15.1. The smallest absolute Gasteiger partial charge is 0.191 e. The highest BCUT2D eigenvalue weighted by Gasteiger charge is 2.30. The number of sulfone groups is 1. The van der Waals surface area contributed by atoms with Crippen molar-refractivity contribution in [3.63, 3.8) is 0 Å². The molecule has 2 N–H and O–H groups in total. The second-order valence-electron chi connectivity index (χ2n) is 5.24. The summed E-state index contributed by atoms with van der Waals surface area (Å²) in [4.78, 5) is 4.11. The van der Waals surface area contributed by atoms with E-state index in [0.717, 1.165) is 12.8 Å². The van der Waals surface area contributed by atoms with Crippen LogP contribution in [0.15, 0.2) is 17.1 Å². The number of guanidine groups is 1. The molecule has 0 aromatic rings. The lowest BCUT2D eigenvalue weighted by atomic mass is 10.2. The second-order valence-corrected chi connectivity index (χ2v) is 7.89. The van der Waals surface area contributed by atoms with E-state index >= 15 is 0 Å². The standard InChI is InChI=1S/C12H23N3O2S.HI/c1-12(2,18(4,16)17)9-14-11(13-3)15-10-7-5-6-8-10;/h5-6,10H,7-9H2,1-4H3,(H2,13,14,15);1H. The molecule has 0 aromatic carbocycles. The fourth-order valence-electron chi connectivity index (χ4n) is 1.55. The number of rotatable bonds is 4. The fourth-order valence-corrected chi connectivity index (χ4v) is 1.89. The SMILES string of the molecule is CN=C(NCC(C)(C)S(C)(=O)=O)NC1CC=CC1.I. The van der Waals surface area contributed by atoms with Crippen molar-refractivity contribution < 1.29 is 8.42 Å². The average molecular weight is 401 g/mol. The molecular weight excluding hydrogens is 377 g/mol. The molecule has 5 nitrogen and oxygen atoms in total. The summed E-state index contributed by atoms with van der Waals surface area (Å²) in [6.07, 6.45) is 7.48. The predicted molar refractivity (Wildman–Crippen MR) is 91.0 cm³/mol. The Morgan fingerprint density at radius 1 is 1.37 bits per heavy atom. The van der Waals surface area contributed by atoms with E-state index in [4.69, 9.17) is 0 Å². The first-order valence-electron chi connectivity index (χ1n) is 6.08. The highest BCUT2D eigenvalue weighted by Crippen LogP contribution is 2.13. The van der Waals surface area contributed by atoms with E-state index in [1.165, 1.54) is 6.26 Å². The van der Waals surface area contributed by atoms with Crippen LogP contribution in [0.1, 0.15) is 26.7 Å². The second kappa shape index (κ2) is 7.47. The van der Waals surface area contributed by atoms with Crippen LogP contribution in [-0.4, -0.2) is 45.0 Å². The average Bonchev–Trinajstić information content (AvgIpc) is 2.75. The van der Waals surface area contributed by atoms with Crippen LogP contribution in [0, 0.1) is 0 Å². The normalized spacial score (nSPS) is 17.2. The Morgan fingerprint density at radius 3 is 2.32 bits per heavy atom. The number of halogens is 1. The quantitative estimate of drug-likeness (QED) is 0.323. The first-order chi connectivity index (χ1) is 8.26. The number of hydrogen-bond acceptors (Lipinski definition) is 3. The minimum Gasteiger partial charge on any atom is -0.355 e. The molecule has 0 heterocycles. The Hall–Kier alpha value is -0.310. The lowest BCUT2D eigenvalue weighted by molar-refractivity contribution is 0.541. The molecule has 0 bridgehead atoms. The van der Waals surface area contributed by atoms with E-state index in [1.54, 1.807) is 20.9 Å². The van der Waals surface area contributed by atoms with Crippen molar-refractivity contribution in [2.45, 2.75) is 37.5 Å². The van der Waals surface area contributed by atoms with Gasteiger partial charge in [0, 0.05) is 25.9 Å². The molecule has 112 valence electrons. The van der Waals surface area contributed by atoms with Crippen molar-refractivity contribution in [1.29, 1.82) is 0 Å². The van der Waals surface area contributed by atoms with Gasteiger partial charge >= 0.3 is 0 Å².